The smallest absolute Gasteiger partial charge is 0.339 e. The first kappa shape index (κ1) is 16.0. The molecule has 0 aliphatic rings. The number of anilines is 1. The molecule has 120 valence electrons. The van der Waals surface area contributed by atoms with Gasteiger partial charge >= 0.3 is 5.97 Å². The van der Waals surface area contributed by atoms with Gasteiger partial charge in [-0.25, -0.2) is 9.78 Å². The highest BCUT2D eigenvalue weighted by Crippen LogP contribution is 2.27. The van der Waals surface area contributed by atoms with Crippen molar-refractivity contribution in [1.82, 2.24) is 4.98 Å². The molecule has 0 amide bonds. The van der Waals surface area contributed by atoms with Crippen LogP contribution in [0.15, 0.2) is 54.7 Å². The van der Waals surface area contributed by atoms with Crippen molar-refractivity contribution in [1.29, 1.82) is 5.41 Å². The molecule has 1 heterocycles. The molecule has 0 atom stereocenters. The summed E-state index contributed by atoms with van der Waals surface area (Å²) in [6.07, 6.45) is 3.35. The minimum atomic E-state index is -1.08. The van der Waals surface area contributed by atoms with E-state index in [2.05, 4.69) is 10.3 Å². The number of amidine groups is 1. The van der Waals surface area contributed by atoms with E-state index >= 15 is 0 Å². The Labute approximate surface area is 143 Å². The monoisotopic (exact) mass is 337 g/mol. The Balaban J connectivity index is 2.05. The van der Waals surface area contributed by atoms with Crippen LogP contribution in [0.2, 0.25) is 0 Å². The minimum absolute atomic E-state index is 0.0412. The van der Waals surface area contributed by atoms with Crippen LogP contribution >= 0.6 is 11.8 Å². The summed E-state index contributed by atoms with van der Waals surface area (Å²) >= 11 is 1.18. The Morgan fingerprint density at radius 2 is 1.88 bits per heavy atom. The fraction of sp³-hybridized carbons (Fsp3) is 0.0556. The standard InChI is InChI=1S/C18H15N3O2S/c1-24-18(19)21-16-15(17(22)23)9-14(10-20-16)13-7-6-11-4-2-3-5-12(11)8-13/h2-10H,1H3,(H,22,23)(H2,19,20,21). The zero-order chi connectivity index (χ0) is 17.1. The number of pyridine rings is 1. The molecule has 1 aromatic heterocycles. The first-order valence-electron chi connectivity index (χ1n) is 7.20. The van der Waals surface area contributed by atoms with E-state index in [0.29, 0.717) is 0 Å². The number of aromatic carboxylic acids is 1. The summed E-state index contributed by atoms with van der Waals surface area (Å²) < 4.78 is 0. The van der Waals surface area contributed by atoms with Gasteiger partial charge in [0.05, 0.1) is 0 Å². The molecular formula is C18H15N3O2S. The maximum absolute atomic E-state index is 11.5. The van der Waals surface area contributed by atoms with Gasteiger partial charge in [-0.15, -0.1) is 0 Å². The van der Waals surface area contributed by atoms with Crippen molar-refractivity contribution in [2.75, 3.05) is 11.6 Å². The molecule has 0 spiro atoms. The number of nitrogens with zero attached hydrogens (tertiary/aromatic N) is 1. The van der Waals surface area contributed by atoms with Gasteiger partial charge in [-0.1, -0.05) is 48.2 Å². The third-order valence-corrected chi connectivity index (χ3v) is 4.15. The summed E-state index contributed by atoms with van der Waals surface area (Å²) in [5, 5.41) is 22.1. The van der Waals surface area contributed by atoms with Crippen molar-refractivity contribution in [2.45, 2.75) is 0 Å². The fourth-order valence-corrected chi connectivity index (χ4v) is 2.61. The molecule has 3 rings (SSSR count). The van der Waals surface area contributed by atoms with Crippen LogP contribution in [-0.4, -0.2) is 27.5 Å². The molecule has 0 fully saturated rings. The molecule has 0 aliphatic heterocycles. The predicted molar refractivity (Wildman–Crippen MR) is 99.0 cm³/mol. The van der Waals surface area contributed by atoms with Gasteiger partial charge in [0, 0.05) is 11.8 Å². The molecule has 0 aliphatic carbocycles. The van der Waals surface area contributed by atoms with E-state index < -0.39 is 5.97 Å². The lowest BCUT2D eigenvalue weighted by molar-refractivity contribution is 0.0697. The van der Waals surface area contributed by atoms with Crippen molar-refractivity contribution < 1.29 is 9.90 Å². The van der Waals surface area contributed by atoms with E-state index in [1.165, 1.54) is 11.8 Å². The third kappa shape index (κ3) is 3.23. The number of fused-ring (bicyclic) bond motifs is 1. The van der Waals surface area contributed by atoms with Gasteiger partial charge in [0.2, 0.25) is 0 Å². The van der Waals surface area contributed by atoms with Crippen LogP contribution in [0.25, 0.3) is 21.9 Å². The normalized spacial score (nSPS) is 10.5. The lowest BCUT2D eigenvalue weighted by Crippen LogP contribution is -2.12. The average Bonchev–Trinajstić information content (AvgIpc) is 2.61. The van der Waals surface area contributed by atoms with Crippen molar-refractivity contribution in [2.24, 2.45) is 0 Å². The van der Waals surface area contributed by atoms with Crippen LogP contribution in [0.3, 0.4) is 0 Å². The predicted octanol–water partition coefficient (Wildman–Crippen LogP) is 4.31. The molecule has 3 N–H and O–H groups in total. The molecule has 0 radical (unpaired) electrons. The number of nitrogens with one attached hydrogen (secondary N) is 2. The van der Waals surface area contributed by atoms with Crippen LogP contribution in [0, 0.1) is 5.41 Å². The van der Waals surface area contributed by atoms with Gasteiger partial charge in [0.25, 0.3) is 0 Å². The van der Waals surface area contributed by atoms with Gasteiger partial charge in [0.1, 0.15) is 11.4 Å². The van der Waals surface area contributed by atoms with Crippen molar-refractivity contribution in [3.05, 3.63) is 60.3 Å². The molecule has 0 bridgehead atoms. The number of carbonyl (C=O) groups is 1. The Kier molecular flexibility index (Phi) is 4.48. The maximum atomic E-state index is 11.5. The van der Waals surface area contributed by atoms with Gasteiger partial charge in [-0.05, 0) is 34.7 Å². The van der Waals surface area contributed by atoms with Crippen molar-refractivity contribution in [3.8, 4) is 11.1 Å². The number of benzene rings is 2. The van der Waals surface area contributed by atoms with Crippen LogP contribution in [0.4, 0.5) is 5.82 Å². The molecule has 0 saturated heterocycles. The molecule has 2 aromatic carbocycles. The van der Waals surface area contributed by atoms with E-state index in [9.17, 15) is 9.90 Å². The van der Waals surface area contributed by atoms with Crippen molar-refractivity contribution in [3.63, 3.8) is 0 Å². The SMILES string of the molecule is CSC(=N)Nc1ncc(-c2ccc3ccccc3c2)cc1C(=O)O. The first-order valence-corrected chi connectivity index (χ1v) is 8.43. The summed E-state index contributed by atoms with van der Waals surface area (Å²) in [4.78, 5) is 15.7. The van der Waals surface area contributed by atoms with Crippen LogP contribution in [-0.2, 0) is 0 Å². The number of hydrogen-bond donors (Lipinski definition) is 3. The maximum Gasteiger partial charge on any atom is 0.339 e. The Hall–Kier alpha value is -2.86. The molecule has 5 nitrogen and oxygen atoms in total. The van der Waals surface area contributed by atoms with E-state index in [1.807, 2.05) is 42.5 Å². The van der Waals surface area contributed by atoms with Crippen molar-refractivity contribution >= 4 is 39.5 Å². The highest BCUT2D eigenvalue weighted by atomic mass is 32.2. The molecular weight excluding hydrogens is 322 g/mol. The van der Waals surface area contributed by atoms with Gasteiger partial charge in [-0.2, -0.15) is 0 Å². The number of carboxylic acids is 1. The Morgan fingerprint density at radius 3 is 2.58 bits per heavy atom. The summed E-state index contributed by atoms with van der Waals surface area (Å²) in [6, 6.07) is 15.5. The topological polar surface area (TPSA) is 86.1 Å². The number of carboxylic acid groups (broad SMARTS) is 1. The number of rotatable bonds is 3. The van der Waals surface area contributed by atoms with Gasteiger partial charge in [0.15, 0.2) is 5.17 Å². The lowest BCUT2D eigenvalue weighted by atomic mass is 10.0. The van der Waals surface area contributed by atoms with E-state index in [0.717, 1.165) is 21.9 Å². The molecule has 3 aromatic rings. The summed E-state index contributed by atoms with van der Waals surface area (Å²) in [5.41, 5.74) is 1.66. The molecule has 0 saturated carbocycles. The van der Waals surface area contributed by atoms with E-state index in [1.54, 1.807) is 18.5 Å². The second kappa shape index (κ2) is 6.72. The van der Waals surface area contributed by atoms with Crippen LogP contribution in [0.5, 0.6) is 0 Å². The molecule has 24 heavy (non-hydrogen) atoms. The van der Waals surface area contributed by atoms with Gasteiger partial charge in [-0.3, -0.25) is 5.41 Å². The number of aromatic nitrogens is 1. The Bertz CT molecular complexity index is 940. The quantitative estimate of drug-likeness (QED) is 0.490. The first-order chi connectivity index (χ1) is 11.6. The lowest BCUT2D eigenvalue weighted by Gasteiger charge is -2.10. The zero-order valence-electron chi connectivity index (χ0n) is 12.9. The summed E-state index contributed by atoms with van der Waals surface area (Å²) in [5.74, 6) is -0.909. The molecule has 0 unspecified atom stereocenters. The zero-order valence-corrected chi connectivity index (χ0v) is 13.7. The highest BCUT2D eigenvalue weighted by molar-refractivity contribution is 8.13. The third-order valence-electron chi connectivity index (χ3n) is 3.64. The summed E-state index contributed by atoms with van der Waals surface area (Å²) in [6.45, 7) is 0. The summed E-state index contributed by atoms with van der Waals surface area (Å²) in [7, 11) is 0. The average molecular weight is 337 g/mol. The fourth-order valence-electron chi connectivity index (χ4n) is 2.41. The Morgan fingerprint density at radius 1 is 1.12 bits per heavy atom. The highest BCUT2D eigenvalue weighted by Gasteiger charge is 2.14. The van der Waals surface area contributed by atoms with Crippen LogP contribution in [0.1, 0.15) is 10.4 Å². The largest absolute Gasteiger partial charge is 0.478 e. The minimum Gasteiger partial charge on any atom is -0.478 e. The second-order valence-electron chi connectivity index (χ2n) is 5.15. The second-order valence-corrected chi connectivity index (χ2v) is 5.96. The van der Waals surface area contributed by atoms with Crippen LogP contribution < -0.4 is 5.32 Å². The van der Waals surface area contributed by atoms with E-state index in [4.69, 9.17) is 5.41 Å². The number of hydrogen-bond acceptors (Lipinski definition) is 4. The molecule has 6 heteroatoms. The number of thioether (sulfide) groups is 1. The van der Waals surface area contributed by atoms with E-state index in [-0.39, 0.29) is 16.5 Å². The van der Waals surface area contributed by atoms with Gasteiger partial charge < -0.3 is 10.4 Å².